The van der Waals surface area contributed by atoms with Gasteiger partial charge in [-0.05, 0) is 42.3 Å². The maximum Gasteiger partial charge on any atom is 0.346 e. The van der Waals surface area contributed by atoms with Gasteiger partial charge in [-0.1, -0.05) is 18.2 Å². The van der Waals surface area contributed by atoms with Crippen molar-refractivity contribution in [3.8, 4) is 22.6 Å². The van der Waals surface area contributed by atoms with Gasteiger partial charge in [-0.2, -0.15) is 0 Å². The highest BCUT2D eigenvalue weighted by atomic mass is 32.1. The van der Waals surface area contributed by atoms with Gasteiger partial charge in [0.1, 0.15) is 10.7 Å². The smallest absolute Gasteiger partial charge is 0.346 e. The third-order valence-electron chi connectivity index (χ3n) is 5.27. The number of thiophene rings is 1. The molecule has 0 radical (unpaired) electrons. The van der Waals surface area contributed by atoms with Gasteiger partial charge in [-0.25, -0.2) is 9.18 Å². The normalized spacial score (nSPS) is 14.8. The number of ether oxygens (including phenoxy) is 2. The number of rotatable bonds is 8. The van der Waals surface area contributed by atoms with Crippen LogP contribution in [0.15, 0.2) is 42.5 Å². The van der Waals surface area contributed by atoms with Crippen LogP contribution in [0.2, 0.25) is 0 Å². The highest BCUT2D eigenvalue weighted by Gasteiger charge is 2.35. The number of halogens is 1. The molecule has 0 saturated carbocycles. The first-order valence-corrected chi connectivity index (χ1v) is 11.2. The number of carbonyl (C=O) groups is 3. The van der Waals surface area contributed by atoms with Crippen LogP contribution < -0.4 is 20.5 Å². The van der Waals surface area contributed by atoms with Crippen LogP contribution in [-0.2, 0) is 9.59 Å². The molecule has 4 N–H and O–H groups in total. The molecule has 34 heavy (non-hydrogen) atoms. The van der Waals surface area contributed by atoms with Crippen LogP contribution in [-0.4, -0.2) is 36.1 Å². The van der Waals surface area contributed by atoms with Crippen molar-refractivity contribution in [1.82, 2.24) is 0 Å². The summed E-state index contributed by atoms with van der Waals surface area (Å²) in [6, 6.07) is 10.5. The van der Waals surface area contributed by atoms with Gasteiger partial charge in [-0.15, -0.1) is 11.3 Å². The SMILES string of the molecule is CCOc1cc(C2CC(=O)Nc3c2sc(C(=O)O)c3-c2ccc(F)cc2)ccc1OCC(N)=O. The van der Waals surface area contributed by atoms with Crippen LogP contribution in [0, 0.1) is 5.82 Å². The van der Waals surface area contributed by atoms with Crippen molar-refractivity contribution in [2.45, 2.75) is 19.3 Å². The molecule has 1 atom stereocenters. The Hall–Kier alpha value is -3.92. The largest absolute Gasteiger partial charge is 0.490 e. The summed E-state index contributed by atoms with van der Waals surface area (Å²) >= 11 is 1.07. The predicted molar refractivity (Wildman–Crippen MR) is 124 cm³/mol. The summed E-state index contributed by atoms with van der Waals surface area (Å²) in [6.45, 7) is 1.82. The van der Waals surface area contributed by atoms with E-state index in [1.54, 1.807) is 25.1 Å². The van der Waals surface area contributed by atoms with E-state index in [9.17, 15) is 23.9 Å². The van der Waals surface area contributed by atoms with Gasteiger partial charge in [-0.3, -0.25) is 9.59 Å². The fourth-order valence-electron chi connectivity index (χ4n) is 3.88. The van der Waals surface area contributed by atoms with E-state index >= 15 is 0 Å². The van der Waals surface area contributed by atoms with E-state index in [0.717, 1.165) is 16.9 Å². The van der Waals surface area contributed by atoms with E-state index in [-0.39, 0.29) is 23.8 Å². The molecule has 0 spiro atoms. The molecular weight excluding hydrogens is 463 g/mol. The third-order valence-corrected chi connectivity index (χ3v) is 6.56. The molecule has 1 unspecified atom stereocenters. The summed E-state index contributed by atoms with van der Waals surface area (Å²) in [6.07, 6.45) is 0.0997. The van der Waals surface area contributed by atoms with E-state index in [2.05, 4.69) is 5.32 Å². The maximum absolute atomic E-state index is 13.5. The number of hydrogen-bond acceptors (Lipinski definition) is 6. The molecule has 8 nitrogen and oxygen atoms in total. The average molecular weight is 485 g/mol. The number of carbonyl (C=O) groups excluding carboxylic acids is 2. The zero-order valence-electron chi connectivity index (χ0n) is 18.1. The predicted octanol–water partition coefficient (Wildman–Crippen LogP) is 3.99. The number of carboxylic acids is 1. The van der Waals surface area contributed by atoms with Gasteiger partial charge >= 0.3 is 5.97 Å². The van der Waals surface area contributed by atoms with Crippen molar-refractivity contribution in [2.24, 2.45) is 5.73 Å². The Morgan fingerprint density at radius 2 is 1.91 bits per heavy atom. The number of nitrogens with two attached hydrogens (primary N) is 1. The first-order chi connectivity index (χ1) is 16.3. The minimum atomic E-state index is -1.14. The van der Waals surface area contributed by atoms with Gasteiger partial charge in [0.25, 0.3) is 5.91 Å². The minimum absolute atomic E-state index is 0.0512. The zero-order chi connectivity index (χ0) is 24.4. The summed E-state index contributed by atoms with van der Waals surface area (Å²) < 4.78 is 24.6. The Morgan fingerprint density at radius 1 is 1.18 bits per heavy atom. The van der Waals surface area contributed by atoms with Crippen molar-refractivity contribution < 1.29 is 33.4 Å². The molecule has 0 fully saturated rings. The monoisotopic (exact) mass is 484 g/mol. The second-order valence-electron chi connectivity index (χ2n) is 7.56. The quantitative estimate of drug-likeness (QED) is 0.444. The van der Waals surface area contributed by atoms with Crippen molar-refractivity contribution in [3.63, 3.8) is 0 Å². The molecule has 2 heterocycles. The second kappa shape index (κ2) is 9.52. The molecule has 10 heteroatoms. The molecule has 4 rings (SSSR count). The lowest BCUT2D eigenvalue weighted by Crippen LogP contribution is -2.22. The van der Waals surface area contributed by atoms with Gasteiger partial charge in [0.15, 0.2) is 18.1 Å². The fourth-order valence-corrected chi connectivity index (χ4v) is 5.12. The Labute approximate surface area is 198 Å². The summed E-state index contributed by atoms with van der Waals surface area (Å²) in [5.41, 5.74) is 7.12. The molecule has 0 aliphatic carbocycles. The number of aromatic carboxylic acids is 1. The first-order valence-electron chi connectivity index (χ1n) is 10.4. The van der Waals surface area contributed by atoms with Gasteiger partial charge in [0.05, 0.1) is 12.3 Å². The number of hydrogen-bond donors (Lipinski definition) is 3. The molecule has 3 aromatic rings. The Bertz CT molecular complexity index is 1270. The maximum atomic E-state index is 13.5. The number of nitrogens with one attached hydrogen (secondary N) is 1. The number of anilines is 1. The van der Waals surface area contributed by atoms with Crippen LogP contribution in [0.25, 0.3) is 11.1 Å². The van der Waals surface area contributed by atoms with Gasteiger partial charge in [0.2, 0.25) is 5.91 Å². The Balaban J connectivity index is 1.82. The van der Waals surface area contributed by atoms with Gasteiger partial charge in [0, 0.05) is 22.8 Å². The van der Waals surface area contributed by atoms with Crippen LogP contribution in [0.1, 0.15) is 39.4 Å². The van der Waals surface area contributed by atoms with E-state index in [1.165, 1.54) is 24.3 Å². The van der Waals surface area contributed by atoms with E-state index in [0.29, 0.717) is 39.8 Å². The highest BCUT2D eigenvalue weighted by Crippen LogP contribution is 2.50. The molecule has 1 aliphatic heterocycles. The van der Waals surface area contributed by atoms with E-state index in [1.807, 2.05) is 0 Å². The van der Waals surface area contributed by atoms with Crippen LogP contribution in [0.3, 0.4) is 0 Å². The zero-order valence-corrected chi connectivity index (χ0v) is 18.9. The van der Waals surface area contributed by atoms with Crippen molar-refractivity contribution in [2.75, 3.05) is 18.5 Å². The van der Waals surface area contributed by atoms with E-state index < -0.39 is 23.6 Å². The summed E-state index contributed by atoms with van der Waals surface area (Å²) in [4.78, 5) is 36.5. The summed E-state index contributed by atoms with van der Waals surface area (Å²) in [5.74, 6) is -2.23. The first kappa shape index (κ1) is 23.2. The molecule has 1 aliphatic rings. The van der Waals surface area contributed by atoms with E-state index in [4.69, 9.17) is 15.2 Å². The number of carboxylic acid groups (broad SMARTS) is 1. The third kappa shape index (κ3) is 4.58. The lowest BCUT2D eigenvalue weighted by Gasteiger charge is -2.24. The summed E-state index contributed by atoms with van der Waals surface area (Å²) in [5, 5.41) is 12.7. The number of fused-ring (bicyclic) bond motifs is 1. The second-order valence-corrected chi connectivity index (χ2v) is 8.61. The molecule has 0 bridgehead atoms. The number of benzene rings is 2. The fraction of sp³-hybridized carbons (Fsp3) is 0.208. The van der Waals surface area contributed by atoms with Crippen LogP contribution in [0.4, 0.5) is 10.1 Å². The summed E-state index contributed by atoms with van der Waals surface area (Å²) in [7, 11) is 0. The standard InChI is InChI=1S/C24H21FN2O6S/c1-2-32-17-9-13(5-8-16(17)33-11-18(26)28)15-10-19(29)27-21-20(12-3-6-14(25)7-4-12)23(24(30)31)34-22(15)21/h3-9,15H,2,10-11H2,1H3,(H2,26,28)(H,27,29)(H,30,31). The lowest BCUT2D eigenvalue weighted by molar-refractivity contribution is -0.120. The Morgan fingerprint density at radius 3 is 2.56 bits per heavy atom. The average Bonchev–Trinajstić information content (AvgIpc) is 3.18. The molecule has 2 aromatic carbocycles. The van der Waals surface area contributed by atoms with Crippen molar-refractivity contribution in [3.05, 3.63) is 63.6 Å². The number of primary amides is 1. The van der Waals surface area contributed by atoms with Crippen molar-refractivity contribution >= 4 is 34.8 Å². The van der Waals surface area contributed by atoms with Crippen LogP contribution in [0.5, 0.6) is 11.5 Å². The lowest BCUT2D eigenvalue weighted by atomic mass is 9.88. The highest BCUT2D eigenvalue weighted by molar-refractivity contribution is 7.15. The topological polar surface area (TPSA) is 128 Å². The molecule has 0 saturated heterocycles. The molecule has 2 amide bonds. The van der Waals surface area contributed by atoms with Gasteiger partial charge < -0.3 is 25.6 Å². The molecule has 1 aromatic heterocycles. The van der Waals surface area contributed by atoms with Crippen molar-refractivity contribution in [1.29, 1.82) is 0 Å². The molecule has 176 valence electrons. The minimum Gasteiger partial charge on any atom is -0.490 e. The number of amides is 2. The Kier molecular flexibility index (Phi) is 6.51. The molecular formula is C24H21FN2O6S. The van der Waals surface area contributed by atoms with Crippen LogP contribution >= 0.6 is 11.3 Å².